The number of aryl methyl sites for hydroxylation is 1. The fourth-order valence-electron chi connectivity index (χ4n) is 5.37. The third-order valence-electron chi connectivity index (χ3n) is 7.31. The van der Waals surface area contributed by atoms with Gasteiger partial charge in [0, 0.05) is 16.1 Å². The van der Waals surface area contributed by atoms with Gasteiger partial charge >= 0.3 is 5.97 Å². The van der Waals surface area contributed by atoms with Gasteiger partial charge in [-0.3, -0.25) is 4.94 Å². The maximum Gasteiger partial charge on any atom is 0.372 e. The van der Waals surface area contributed by atoms with E-state index in [1.165, 1.54) is 36.0 Å². The van der Waals surface area contributed by atoms with Crippen molar-refractivity contribution in [3.05, 3.63) is 76.4 Å². The van der Waals surface area contributed by atoms with Crippen molar-refractivity contribution in [2.45, 2.75) is 78.2 Å². The van der Waals surface area contributed by atoms with Crippen LogP contribution in [0.5, 0.6) is 0 Å². The molecule has 0 aliphatic heterocycles. The van der Waals surface area contributed by atoms with E-state index < -0.39 is 5.97 Å². The van der Waals surface area contributed by atoms with Crippen LogP contribution in [0.25, 0.3) is 6.08 Å². The molecule has 1 aliphatic carbocycles. The van der Waals surface area contributed by atoms with E-state index in [0.717, 1.165) is 42.5 Å². The topological polar surface area (TPSA) is 38.3 Å². The van der Waals surface area contributed by atoms with Crippen LogP contribution in [0, 0.1) is 18.8 Å². The Morgan fingerprint density at radius 1 is 1.12 bits per heavy atom. The Balaban J connectivity index is 1.48. The first-order chi connectivity index (χ1) is 16.2. The predicted molar refractivity (Wildman–Crippen MR) is 138 cm³/mol. The predicted octanol–water partition coefficient (Wildman–Crippen LogP) is 7.13. The minimum absolute atomic E-state index is 0.117. The van der Waals surface area contributed by atoms with Crippen molar-refractivity contribution < 1.29 is 14.3 Å². The van der Waals surface area contributed by atoms with Crippen molar-refractivity contribution in [1.29, 1.82) is 0 Å². The van der Waals surface area contributed by atoms with Gasteiger partial charge in [0.25, 0.3) is 0 Å². The number of hydrogen-bond donors (Lipinski definition) is 1. The minimum atomic E-state index is -0.981. The SMILES string of the molecule is Cc1cccc(C(C)CCC(C)CNC(C)(C)CC2Cc3ccccc3C2)c1/C=C/C(=O)OF. The Hall–Kier alpha value is -2.46. The van der Waals surface area contributed by atoms with Crippen LogP contribution in [0.2, 0.25) is 0 Å². The molecule has 184 valence electrons. The van der Waals surface area contributed by atoms with Gasteiger partial charge in [0.1, 0.15) is 0 Å². The van der Waals surface area contributed by atoms with Crippen LogP contribution in [-0.2, 0) is 22.6 Å². The maximum atomic E-state index is 12.1. The molecule has 2 atom stereocenters. The molecule has 0 bridgehead atoms. The van der Waals surface area contributed by atoms with Gasteiger partial charge in [-0.25, -0.2) is 4.79 Å². The summed E-state index contributed by atoms with van der Waals surface area (Å²) in [5, 5.41) is 3.84. The summed E-state index contributed by atoms with van der Waals surface area (Å²) in [5.74, 6) is 0.643. The molecular weight excluding hydrogens is 425 g/mol. The summed E-state index contributed by atoms with van der Waals surface area (Å²) in [4.78, 5) is 14.5. The molecule has 0 fully saturated rings. The summed E-state index contributed by atoms with van der Waals surface area (Å²) in [5.41, 5.74) is 6.40. The van der Waals surface area contributed by atoms with Crippen molar-refractivity contribution in [1.82, 2.24) is 5.32 Å². The highest BCUT2D eigenvalue weighted by atomic mass is 19.3. The van der Waals surface area contributed by atoms with Crippen molar-refractivity contribution >= 4 is 12.0 Å². The van der Waals surface area contributed by atoms with Gasteiger partial charge in [-0.1, -0.05) is 56.3 Å². The summed E-state index contributed by atoms with van der Waals surface area (Å²) in [7, 11) is 0. The van der Waals surface area contributed by atoms with Gasteiger partial charge < -0.3 is 5.32 Å². The van der Waals surface area contributed by atoms with Crippen LogP contribution in [-0.4, -0.2) is 18.1 Å². The van der Waals surface area contributed by atoms with Gasteiger partial charge in [0.05, 0.1) is 0 Å². The monoisotopic (exact) mass is 465 g/mol. The second kappa shape index (κ2) is 11.8. The maximum absolute atomic E-state index is 12.1. The molecular formula is C30H40FNO2. The van der Waals surface area contributed by atoms with Crippen molar-refractivity contribution in [3.63, 3.8) is 0 Å². The number of rotatable bonds is 11. The first kappa shape index (κ1) is 26.2. The molecule has 0 heterocycles. The molecule has 0 radical (unpaired) electrons. The molecule has 0 spiro atoms. The molecule has 3 rings (SSSR count). The zero-order chi connectivity index (χ0) is 24.7. The summed E-state index contributed by atoms with van der Waals surface area (Å²) < 4.78 is 12.1. The number of carbonyl (C=O) groups excluding carboxylic acids is 1. The summed E-state index contributed by atoms with van der Waals surface area (Å²) in [6.07, 6.45) is 8.57. The van der Waals surface area contributed by atoms with Crippen LogP contribution in [0.4, 0.5) is 4.53 Å². The second-order valence-electron chi connectivity index (χ2n) is 10.9. The standard InChI is InChI=1S/C30H40FNO2/c1-21(20-32-30(4,5)19-24-17-25-10-6-7-11-26(25)18-24)13-14-23(3)27-12-8-9-22(2)28(27)15-16-29(33)34-31/h6-12,15-16,21,23-24,32H,13-14,17-20H2,1-5H3/b16-15+. The Morgan fingerprint density at radius 3 is 2.44 bits per heavy atom. The Morgan fingerprint density at radius 2 is 1.79 bits per heavy atom. The van der Waals surface area contributed by atoms with E-state index in [1.54, 1.807) is 6.08 Å². The molecule has 1 N–H and O–H groups in total. The Kier molecular flexibility index (Phi) is 9.07. The zero-order valence-electron chi connectivity index (χ0n) is 21.4. The fourth-order valence-corrected chi connectivity index (χ4v) is 5.37. The number of halogens is 1. The fraction of sp³-hybridized carbons (Fsp3) is 0.500. The second-order valence-corrected chi connectivity index (χ2v) is 10.9. The average Bonchev–Trinajstić information content (AvgIpc) is 3.21. The molecule has 1 aliphatic rings. The summed E-state index contributed by atoms with van der Waals surface area (Å²) >= 11 is 0. The molecule has 0 amide bonds. The summed E-state index contributed by atoms with van der Waals surface area (Å²) in [6, 6.07) is 15.0. The number of hydrogen-bond acceptors (Lipinski definition) is 3. The van der Waals surface area contributed by atoms with Gasteiger partial charge in [0.15, 0.2) is 0 Å². The van der Waals surface area contributed by atoms with Crippen LogP contribution in [0.1, 0.15) is 80.7 Å². The number of nitrogens with one attached hydrogen (secondary N) is 1. The molecule has 0 saturated carbocycles. The number of fused-ring (bicyclic) bond motifs is 1. The average molecular weight is 466 g/mol. The Bertz CT molecular complexity index is 972. The first-order valence-corrected chi connectivity index (χ1v) is 12.6. The third kappa shape index (κ3) is 7.27. The van der Waals surface area contributed by atoms with Gasteiger partial charge in [-0.05, 0) is 111 Å². The van der Waals surface area contributed by atoms with Gasteiger partial charge in [0.2, 0.25) is 0 Å². The van der Waals surface area contributed by atoms with Crippen LogP contribution in [0.3, 0.4) is 0 Å². The minimum Gasteiger partial charge on any atom is -0.312 e. The van der Waals surface area contributed by atoms with Crippen LogP contribution in [0.15, 0.2) is 48.5 Å². The Labute approximate surface area is 204 Å². The van der Waals surface area contributed by atoms with Crippen molar-refractivity contribution in [2.75, 3.05) is 6.54 Å². The highest BCUT2D eigenvalue weighted by molar-refractivity contribution is 5.87. The molecule has 0 saturated heterocycles. The summed E-state index contributed by atoms with van der Waals surface area (Å²) in [6.45, 7) is 12.2. The van der Waals surface area contributed by atoms with E-state index in [0.29, 0.717) is 11.8 Å². The molecule has 0 aromatic heterocycles. The molecule has 2 unspecified atom stereocenters. The third-order valence-corrected chi connectivity index (χ3v) is 7.31. The number of carbonyl (C=O) groups is 1. The van der Waals surface area contributed by atoms with E-state index in [1.807, 2.05) is 19.1 Å². The normalized spacial score (nSPS) is 15.9. The number of benzene rings is 2. The largest absolute Gasteiger partial charge is 0.372 e. The van der Waals surface area contributed by atoms with Crippen LogP contribution >= 0.6 is 0 Å². The lowest BCUT2D eigenvalue weighted by Gasteiger charge is -2.31. The lowest BCUT2D eigenvalue weighted by molar-refractivity contribution is -0.176. The van der Waals surface area contributed by atoms with Crippen molar-refractivity contribution in [3.8, 4) is 0 Å². The highest BCUT2D eigenvalue weighted by Gasteiger charge is 2.28. The zero-order valence-corrected chi connectivity index (χ0v) is 21.4. The lowest BCUT2D eigenvalue weighted by Crippen LogP contribution is -2.43. The molecule has 34 heavy (non-hydrogen) atoms. The molecule has 3 nitrogen and oxygen atoms in total. The smallest absolute Gasteiger partial charge is 0.312 e. The molecule has 4 heteroatoms. The highest BCUT2D eigenvalue weighted by Crippen LogP contribution is 2.32. The van der Waals surface area contributed by atoms with Crippen molar-refractivity contribution in [2.24, 2.45) is 11.8 Å². The molecule has 2 aromatic carbocycles. The van der Waals surface area contributed by atoms with E-state index in [-0.39, 0.29) is 5.54 Å². The first-order valence-electron chi connectivity index (χ1n) is 12.6. The quantitative estimate of drug-likeness (QED) is 0.359. The lowest BCUT2D eigenvalue weighted by atomic mass is 9.86. The van der Waals surface area contributed by atoms with E-state index in [2.05, 4.69) is 68.3 Å². The van der Waals surface area contributed by atoms with Gasteiger partial charge in [-0.15, -0.1) is 0 Å². The molecule has 2 aromatic rings. The van der Waals surface area contributed by atoms with Gasteiger partial charge in [-0.2, -0.15) is 0 Å². The van der Waals surface area contributed by atoms with E-state index in [4.69, 9.17) is 0 Å². The van der Waals surface area contributed by atoms with E-state index >= 15 is 0 Å². The van der Waals surface area contributed by atoms with E-state index in [9.17, 15) is 9.32 Å². The van der Waals surface area contributed by atoms with Crippen LogP contribution < -0.4 is 5.32 Å².